The number of ether oxygens (including phenoxy) is 5. The molecule has 1 aliphatic heterocycles. The summed E-state index contributed by atoms with van der Waals surface area (Å²) < 4.78 is 31.8. The lowest BCUT2D eigenvalue weighted by Crippen LogP contribution is -2.41. The van der Waals surface area contributed by atoms with Gasteiger partial charge in [-0.15, -0.1) is 0 Å². The molecular weight excluding hydrogens is 614 g/mol. The van der Waals surface area contributed by atoms with Crippen LogP contribution in [0.25, 0.3) is 0 Å². The average Bonchev–Trinajstić information content (AvgIpc) is 3.43. The Morgan fingerprint density at radius 1 is 0.854 bits per heavy atom. The number of aliphatic hydroxyl groups excluding tert-OH is 1. The van der Waals surface area contributed by atoms with Gasteiger partial charge in [-0.3, -0.25) is 14.3 Å². The van der Waals surface area contributed by atoms with E-state index in [2.05, 4.69) is 4.98 Å². The summed E-state index contributed by atoms with van der Waals surface area (Å²) in [5.74, 6) is 1.38. The first-order valence-electron chi connectivity index (χ1n) is 16.3. The number of benzene rings is 3. The summed E-state index contributed by atoms with van der Waals surface area (Å²) in [7, 11) is 3.23. The smallest absolute Gasteiger partial charge is 0.330 e. The number of methoxy groups -OCH3 is 2. The van der Waals surface area contributed by atoms with Crippen LogP contribution in [0.4, 0.5) is 0 Å². The number of unbranched alkanes of at least 4 members (excludes halogenated alkanes) is 3. The molecule has 2 heterocycles. The van der Waals surface area contributed by atoms with Crippen molar-refractivity contribution in [2.45, 2.75) is 62.7 Å². The van der Waals surface area contributed by atoms with Crippen LogP contribution in [0.2, 0.25) is 0 Å². The molecule has 1 aliphatic rings. The van der Waals surface area contributed by atoms with Crippen molar-refractivity contribution < 1.29 is 28.8 Å². The summed E-state index contributed by atoms with van der Waals surface area (Å²) in [6.07, 6.45) is 1.05. The molecule has 4 aromatic rings. The Morgan fingerprint density at radius 2 is 1.44 bits per heavy atom. The van der Waals surface area contributed by atoms with Gasteiger partial charge in [0.1, 0.15) is 35.4 Å². The molecular formula is C37H45N3O8. The summed E-state index contributed by atoms with van der Waals surface area (Å²) in [4.78, 5) is 27.5. The van der Waals surface area contributed by atoms with Crippen molar-refractivity contribution in [3.8, 4) is 11.5 Å². The molecule has 1 aromatic heterocycles. The third-order valence-electron chi connectivity index (χ3n) is 8.78. The van der Waals surface area contributed by atoms with E-state index >= 15 is 0 Å². The first-order valence-corrected chi connectivity index (χ1v) is 16.3. The summed E-state index contributed by atoms with van der Waals surface area (Å²) in [6.45, 7) is 2.51. The maximum absolute atomic E-state index is 13.0. The van der Waals surface area contributed by atoms with Crippen molar-refractivity contribution in [3.05, 3.63) is 128 Å². The minimum absolute atomic E-state index is 0.0714. The number of aromatic amines is 1. The van der Waals surface area contributed by atoms with E-state index in [4.69, 9.17) is 29.4 Å². The van der Waals surface area contributed by atoms with Crippen LogP contribution in [0.5, 0.6) is 11.5 Å². The van der Waals surface area contributed by atoms with Crippen molar-refractivity contribution in [2.24, 2.45) is 5.73 Å². The van der Waals surface area contributed by atoms with Crippen molar-refractivity contribution in [1.29, 1.82) is 0 Å². The molecule has 0 amide bonds. The zero-order valence-electron chi connectivity index (χ0n) is 27.7. The van der Waals surface area contributed by atoms with Gasteiger partial charge in [0.05, 0.1) is 20.8 Å². The molecule has 1 unspecified atom stereocenters. The number of H-pyrrole nitrogens is 1. The van der Waals surface area contributed by atoms with Gasteiger partial charge in [0.25, 0.3) is 5.56 Å². The number of aliphatic hydroxyl groups is 1. The highest BCUT2D eigenvalue weighted by Crippen LogP contribution is 2.43. The SMILES string of the molecule is COc1ccc(C(OC[C@H]2O[C@@H](n3cc(C)c(=O)[nH]c3=O)C(OCCCCCCN)[C@H]2O)(c2ccccc2)c2ccc(OC)cc2)cc1. The van der Waals surface area contributed by atoms with Crippen LogP contribution >= 0.6 is 0 Å². The number of aromatic nitrogens is 2. The number of hydrogen-bond donors (Lipinski definition) is 3. The lowest BCUT2D eigenvalue weighted by atomic mass is 9.80. The van der Waals surface area contributed by atoms with Gasteiger partial charge in [-0.05, 0) is 67.3 Å². The van der Waals surface area contributed by atoms with Gasteiger partial charge in [-0.1, -0.05) is 67.4 Å². The highest BCUT2D eigenvalue weighted by molar-refractivity contribution is 5.49. The lowest BCUT2D eigenvalue weighted by Gasteiger charge is -2.37. The first-order chi connectivity index (χ1) is 23.3. The molecule has 11 heteroatoms. The number of hydrogen-bond acceptors (Lipinski definition) is 9. The molecule has 0 aliphatic carbocycles. The van der Waals surface area contributed by atoms with Crippen LogP contribution in [0.15, 0.2) is 94.6 Å². The van der Waals surface area contributed by atoms with E-state index in [9.17, 15) is 14.7 Å². The molecule has 3 aromatic carbocycles. The van der Waals surface area contributed by atoms with E-state index in [0.717, 1.165) is 42.4 Å². The van der Waals surface area contributed by atoms with Gasteiger partial charge >= 0.3 is 5.69 Å². The quantitative estimate of drug-likeness (QED) is 0.120. The van der Waals surface area contributed by atoms with Crippen LogP contribution in [0.1, 0.15) is 54.2 Å². The predicted octanol–water partition coefficient (Wildman–Crippen LogP) is 4.03. The third-order valence-corrected chi connectivity index (χ3v) is 8.78. The minimum atomic E-state index is -1.15. The van der Waals surface area contributed by atoms with Gasteiger partial charge in [0, 0.05) is 18.4 Å². The summed E-state index contributed by atoms with van der Waals surface area (Å²) in [6, 6.07) is 25.1. The average molecular weight is 660 g/mol. The second-order valence-corrected chi connectivity index (χ2v) is 11.9. The highest BCUT2D eigenvalue weighted by atomic mass is 16.6. The summed E-state index contributed by atoms with van der Waals surface area (Å²) in [5, 5.41) is 11.7. The lowest BCUT2D eigenvalue weighted by molar-refractivity contribution is -0.0983. The fourth-order valence-electron chi connectivity index (χ4n) is 6.14. The molecule has 0 spiro atoms. The van der Waals surface area contributed by atoms with Crippen molar-refractivity contribution in [2.75, 3.05) is 34.0 Å². The predicted molar refractivity (Wildman–Crippen MR) is 182 cm³/mol. The van der Waals surface area contributed by atoms with Gasteiger partial charge in [0.2, 0.25) is 0 Å². The van der Waals surface area contributed by atoms with Crippen LogP contribution < -0.4 is 26.5 Å². The Balaban J connectivity index is 1.51. The Morgan fingerprint density at radius 3 is 2.02 bits per heavy atom. The normalized spacial score (nSPS) is 19.4. The Kier molecular flexibility index (Phi) is 11.9. The van der Waals surface area contributed by atoms with Crippen LogP contribution in [-0.4, -0.2) is 66.9 Å². The zero-order chi connectivity index (χ0) is 34.1. The maximum atomic E-state index is 13.0. The number of nitrogens with zero attached hydrogens (tertiary/aromatic N) is 1. The molecule has 0 radical (unpaired) electrons. The van der Waals surface area contributed by atoms with Gasteiger partial charge in [-0.25, -0.2) is 4.79 Å². The summed E-state index contributed by atoms with van der Waals surface area (Å²) >= 11 is 0. The molecule has 4 N–H and O–H groups in total. The van der Waals surface area contributed by atoms with Crippen LogP contribution in [0, 0.1) is 6.92 Å². The Labute approximate surface area is 280 Å². The largest absolute Gasteiger partial charge is 0.497 e. The fraction of sp³-hybridized carbons (Fsp3) is 0.405. The molecule has 48 heavy (non-hydrogen) atoms. The van der Waals surface area contributed by atoms with E-state index < -0.39 is 41.4 Å². The number of aryl methyl sites for hydroxylation is 1. The second kappa shape index (κ2) is 16.2. The molecule has 1 fully saturated rings. The van der Waals surface area contributed by atoms with Gasteiger partial charge < -0.3 is 34.5 Å². The van der Waals surface area contributed by atoms with Crippen molar-refractivity contribution >= 4 is 0 Å². The topological polar surface area (TPSA) is 147 Å². The third kappa shape index (κ3) is 7.56. The monoisotopic (exact) mass is 659 g/mol. The number of nitrogens with two attached hydrogens (primary N) is 1. The standard InChI is InChI=1S/C37H45N3O8/c1-25-23-40(36(43)39-34(25)42)35-33(46-22-10-5-4-9-21-38)32(41)31(48-35)24-47-37(26-11-7-6-8-12-26,27-13-17-29(44-2)18-14-27)28-15-19-30(45-3)20-16-28/h6-8,11-20,23,31-33,35,41H,4-5,9-10,21-22,24,38H2,1-3H3,(H,39,42,43)/t31-,32+,33?,35-/m1/s1. The maximum Gasteiger partial charge on any atom is 0.330 e. The van der Waals surface area contributed by atoms with Crippen LogP contribution in [-0.2, 0) is 19.8 Å². The van der Waals surface area contributed by atoms with E-state index in [1.54, 1.807) is 21.1 Å². The van der Waals surface area contributed by atoms with Crippen molar-refractivity contribution in [1.82, 2.24) is 9.55 Å². The molecule has 0 saturated carbocycles. The molecule has 256 valence electrons. The van der Waals surface area contributed by atoms with E-state index in [0.29, 0.717) is 30.2 Å². The first kappa shape index (κ1) is 35.1. The molecule has 5 rings (SSSR count). The number of rotatable bonds is 16. The number of nitrogens with one attached hydrogen (secondary N) is 1. The Hall–Kier alpha value is -4.26. The second-order valence-electron chi connectivity index (χ2n) is 11.9. The molecule has 4 atom stereocenters. The van der Waals surface area contributed by atoms with Crippen molar-refractivity contribution in [3.63, 3.8) is 0 Å². The minimum Gasteiger partial charge on any atom is -0.497 e. The van der Waals surface area contributed by atoms with E-state index in [1.807, 2.05) is 78.9 Å². The molecule has 0 bridgehead atoms. The molecule has 11 nitrogen and oxygen atoms in total. The van der Waals surface area contributed by atoms with Crippen LogP contribution in [0.3, 0.4) is 0 Å². The zero-order valence-corrected chi connectivity index (χ0v) is 27.7. The summed E-state index contributed by atoms with van der Waals surface area (Å²) in [5.41, 5.74) is 6.16. The van der Waals surface area contributed by atoms with Gasteiger partial charge in [0.15, 0.2) is 6.23 Å². The fourth-order valence-corrected chi connectivity index (χ4v) is 6.14. The van der Waals surface area contributed by atoms with E-state index in [-0.39, 0.29) is 6.61 Å². The van der Waals surface area contributed by atoms with Gasteiger partial charge in [-0.2, -0.15) is 0 Å². The molecule has 1 saturated heterocycles. The Bertz CT molecular complexity index is 1660. The highest BCUT2D eigenvalue weighted by Gasteiger charge is 2.48. The van der Waals surface area contributed by atoms with E-state index in [1.165, 1.54) is 10.8 Å².